The molecule has 4 N–H and O–H groups in total. The highest BCUT2D eigenvalue weighted by Crippen LogP contribution is 2.23. The van der Waals surface area contributed by atoms with Crippen molar-refractivity contribution in [3.63, 3.8) is 0 Å². The third-order valence-corrected chi connectivity index (χ3v) is 2.91. The number of ether oxygens (including phenoxy) is 1. The Morgan fingerprint density at radius 2 is 2.30 bits per heavy atom. The molecule has 2 aromatic rings. The Balaban J connectivity index is 1.91. The second kappa shape index (κ2) is 7.95. The number of benzene rings is 1. The van der Waals surface area contributed by atoms with Gasteiger partial charge in [0.15, 0.2) is 0 Å². The number of nitrogens with zero attached hydrogens (tertiary/aromatic N) is 3. The van der Waals surface area contributed by atoms with Gasteiger partial charge in [0.1, 0.15) is 18.7 Å². The van der Waals surface area contributed by atoms with E-state index in [2.05, 4.69) is 20.5 Å². The minimum atomic E-state index is -0.313. The summed E-state index contributed by atoms with van der Waals surface area (Å²) in [5.41, 5.74) is 7.29. The van der Waals surface area contributed by atoms with Gasteiger partial charge in [-0.15, -0.1) is 0 Å². The molecule has 0 spiro atoms. The van der Waals surface area contributed by atoms with E-state index in [0.717, 1.165) is 12.1 Å². The molecular weight excluding hydrogens is 296 g/mol. The molecule has 1 aromatic heterocycles. The lowest BCUT2D eigenvalue weighted by Crippen LogP contribution is -2.19. The number of H-pyrrole nitrogens is 1. The molecule has 0 aliphatic rings. The molecule has 0 unspecified atom stereocenters. The van der Waals surface area contributed by atoms with Crippen LogP contribution in [0, 0.1) is 0 Å². The van der Waals surface area contributed by atoms with Crippen molar-refractivity contribution in [2.24, 2.45) is 0 Å². The van der Waals surface area contributed by atoms with Gasteiger partial charge in [-0.2, -0.15) is 10.1 Å². The summed E-state index contributed by atoms with van der Waals surface area (Å²) in [6, 6.07) is 5.38. The van der Waals surface area contributed by atoms with Crippen LogP contribution in [0.25, 0.3) is 6.08 Å². The van der Waals surface area contributed by atoms with Crippen molar-refractivity contribution in [2.75, 3.05) is 38.3 Å². The maximum atomic E-state index is 11.7. The summed E-state index contributed by atoms with van der Waals surface area (Å²) < 4.78 is 5.61. The number of nitrogen functional groups attached to an aromatic ring is 1. The highest BCUT2D eigenvalue weighted by Gasteiger charge is 2.03. The van der Waals surface area contributed by atoms with Gasteiger partial charge < -0.3 is 15.4 Å². The molecule has 1 heterocycles. The number of amides is 1. The quantitative estimate of drug-likeness (QED) is 0.519. The molecule has 0 fully saturated rings. The van der Waals surface area contributed by atoms with E-state index >= 15 is 0 Å². The number of nitrogens with two attached hydrogens (primary N) is 1. The lowest BCUT2D eigenvalue weighted by Gasteiger charge is -2.12. The molecule has 0 bridgehead atoms. The first-order valence-electron chi connectivity index (χ1n) is 7.06. The van der Waals surface area contributed by atoms with Crippen molar-refractivity contribution >= 4 is 23.6 Å². The molecule has 0 aliphatic carbocycles. The molecule has 2 rings (SSSR count). The number of carbonyl (C=O) groups excluding carboxylic acids is 1. The van der Waals surface area contributed by atoms with Crippen molar-refractivity contribution in [1.29, 1.82) is 0 Å². The SMILES string of the molecule is CN(C)CCOc1ccc(/C=C\C(=O)Nc2ncn[nH]2)cc1N. The Kier molecular flexibility index (Phi) is 5.70. The molecule has 0 aliphatic heterocycles. The Morgan fingerprint density at radius 3 is 2.96 bits per heavy atom. The van der Waals surface area contributed by atoms with E-state index in [-0.39, 0.29) is 5.91 Å². The van der Waals surface area contributed by atoms with E-state index in [4.69, 9.17) is 10.5 Å². The summed E-state index contributed by atoms with van der Waals surface area (Å²) in [5.74, 6) is 0.616. The average Bonchev–Trinajstić information content (AvgIpc) is 2.99. The predicted molar refractivity (Wildman–Crippen MR) is 88.9 cm³/mol. The van der Waals surface area contributed by atoms with Crippen LogP contribution >= 0.6 is 0 Å². The minimum absolute atomic E-state index is 0.295. The van der Waals surface area contributed by atoms with Crippen LogP contribution in [0.3, 0.4) is 0 Å². The topological polar surface area (TPSA) is 109 Å². The molecule has 23 heavy (non-hydrogen) atoms. The highest BCUT2D eigenvalue weighted by molar-refractivity contribution is 6.00. The molecule has 8 heteroatoms. The van der Waals surface area contributed by atoms with E-state index in [1.54, 1.807) is 18.2 Å². The number of likely N-dealkylation sites (N-methyl/N-ethyl adjacent to an activating group) is 1. The van der Waals surface area contributed by atoms with Crippen molar-refractivity contribution in [3.05, 3.63) is 36.2 Å². The normalized spacial score (nSPS) is 11.1. The van der Waals surface area contributed by atoms with Crippen LogP contribution in [0.2, 0.25) is 0 Å². The van der Waals surface area contributed by atoms with Gasteiger partial charge in [-0.3, -0.25) is 10.1 Å². The van der Waals surface area contributed by atoms with Crippen molar-refractivity contribution < 1.29 is 9.53 Å². The number of hydrogen-bond donors (Lipinski definition) is 3. The van der Waals surface area contributed by atoms with E-state index in [0.29, 0.717) is 24.0 Å². The van der Waals surface area contributed by atoms with Gasteiger partial charge in [0.2, 0.25) is 5.95 Å². The van der Waals surface area contributed by atoms with E-state index < -0.39 is 0 Å². The van der Waals surface area contributed by atoms with Crippen LogP contribution in [0.15, 0.2) is 30.6 Å². The number of anilines is 2. The van der Waals surface area contributed by atoms with Gasteiger partial charge in [0.05, 0.1) is 5.69 Å². The third kappa shape index (κ3) is 5.44. The summed E-state index contributed by atoms with van der Waals surface area (Å²) >= 11 is 0. The molecule has 0 atom stereocenters. The largest absolute Gasteiger partial charge is 0.490 e. The molecule has 0 saturated heterocycles. The summed E-state index contributed by atoms with van der Waals surface area (Å²) in [4.78, 5) is 17.5. The third-order valence-electron chi connectivity index (χ3n) is 2.91. The number of rotatable bonds is 7. The fraction of sp³-hybridized carbons (Fsp3) is 0.267. The standard InChI is InChI=1S/C15H20N6O2/c1-21(2)7-8-23-13-5-3-11(9-12(13)16)4-6-14(22)19-15-17-10-18-20-15/h3-6,9-10H,7-8,16H2,1-2H3,(H2,17,18,19,20,22)/b6-4-. The van der Waals surface area contributed by atoms with E-state index in [9.17, 15) is 4.79 Å². The maximum Gasteiger partial charge on any atom is 0.250 e. The molecule has 1 aromatic carbocycles. The van der Waals surface area contributed by atoms with Crippen LogP contribution in [0.5, 0.6) is 5.75 Å². The van der Waals surface area contributed by atoms with Crippen LogP contribution in [-0.4, -0.2) is 53.2 Å². The monoisotopic (exact) mass is 316 g/mol. The van der Waals surface area contributed by atoms with Crippen LogP contribution in [0.1, 0.15) is 5.56 Å². The number of aromatic nitrogens is 3. The second-order valence-corrected chi connectivity index (χ2v) is 5.11. The second-order valence-electron chi connectivity index (χ2n) is 5.11. The molecule has 0 radical (unpaired) electrons. The van der Waals surface area contributed by atoms with Gasteiger partial charge in [-0.1, -0.05) is 6.07 Å². The molecule has 122 valence electrons. The van der Waals surface area contributed by atoms with Crippen molar-refractivity contribution in [1.82, 2.24) is 20.1 Å². The van der Waals surface area contributed by atoms with Crippen LogP contribution in [-0.2, 0) is 4.79 Å². The zero-order valence-corrected chi connectivity index (χ0v) is 13.1. The summed E-state index contributed by atoms with van der Waals surface area (Å²) in [5, 5.41) is 8.73. The number of aromatic amines is 1. The molecule has 0 saturated carbocycles. The average molecular weight is 316 g/mol. The van der Waals surface area contributed by atoms with Crippen molar-refractivity contribution in [3.8, 4) is 5.75 Å². The first-order valence-corrected chi connectivity index (χ1v) is 7.06. The van der Waals surface area contributed by atoms with Gasteiger partial charge in [0, 0.05) is 12.6 Å². The Bertz CT molecular complexity index is 667. The lowest BCUT2D eigenvalue weighted by molar-refractivity contribution is -0.111. The molecule has 1 amide bonds. The number of carbonyl (C=O) groups is 1. The predicted octanol–water partition coefficient (Wildman–Crippen LogP) is 0.979. The minimum Gasteiger partial charge on any atom is -0.490 e. The van der Waals surface area contributed by atoms with Gasteiger partial charge in [0.25, 0.3) is 5.91 Å². The van der Waals surface area contributed by atoms with Gasteiger partial charge >= 0.3 is 0 Å². The first-order chi connectivity index (χ1) is 11.0. The Hall–Kier alpha value is -2.87. The van der Waals surface area contributed by atoms with Crippen molar-refractivity contribution in [2.45, 2.75) is 0 Å². The highest BCUT2D eigenvalue weighted by atomic mass is 16.5. The van der Waals surface area contributed by atoms with Crippen LogP contribution in [0.4, 0.5) is 11.6 Å². The van der Waals surface area contributed by atoms with Crippen LogP contribution < -0.4 is 15.8 Å². The molecule has 8 nitrogen and oxygen atoms in total. The lowest BCUT2D eigenvalue weighted by atomic mass is 10.1. The Labute approximate surface area is 134 Å². The smallest absolute Gasteiger partial charge is 0.250 e. The Morgan fingerprint density at radius 1 is 1.48 bits per heavy atom. The van der Waals surface area contributed by atoms with Gasteiger partial charge in [-0.25, -0.2) is 5.10 Å². The van der Waals surface area contributed by atoms with Gasteiger partial charge in [-0.05, 0) is 37.9 Å². The summed E-state index contributed by atoms with van der Waals surface area (Å²) in [6.45, 7) is 1.37. The zero-order chi connectivity index (χ0) is 16.7. The number of hydrogen-bond acceptors (Lipinski definition) is 6. The number of nitrogens with one attached hydrogen (secondary N) is 2. The zero-order valence-electron chi connectivity index (χ0n) is 13.1. The maximum absolute atomic E-state index is 11.7. The fourth-order valence-electron chi connectivity index (χ4n) is 1.74. The molecular formula is C15H20N6O2. The van der Waals surface area contributed by atoms with E-state index in [1.807, 2.05) is 25.1 Å². The summed E-state index contributed by atoms with van der Waals surface area (Å²) in [7, 11) is 3.95. The summed E-state index contributed by atoms with van der Waals surface area (Å²) in [6.07, 6.45) is 4.37. The van der Waals surface area contributed by atoms with E-state index in [1.165, 1.54) is 12.4 Å². The fourth-order valence-corrected chi connectivity index (χ4v) is 1.74. The first kappa shape index (κ1) is 16.5.